The molecule has 0 radical (unpaired) electrons. The van der Waals surface area contributed by atoms with Crippen LogP contribution >= 0.6 is 0 Å². The van der Waals surface area contributed by atoms with Crippen LogP contribution in [0.1, 0.15) is 59.1 Å². The zero-order valence-corrected chi connectivity index (χ0v) is 29.3. The number of alkyl halides is 8. The summed E-state index contributed by atoms with van der Waals surface area (Å²) in [5, 5.41) is 17.0. The van der Waals surface area contributed by atoms with Crippen molar-refractivity contribution in [3.8, 4) is 0 Å². The summed E-state index contributed by atoms with van der Waals surface area (Å²) in [6.45, 7) is -1.56. The van der Waals surface area contributed by atoms with E-state index in [1.807, 2.05) is 21.4 Å². The number of allylic oxidation sites excluding steroid dienone is 1. The van der Waals surface area contributed by atoms with E-state index in [1.54, 1.807) is 0 Å². The molecule has 300 valence electrons. The molecule has 0 bridgehead atoms. The molecule has 22 heteroatoms. The first-order valence-electron chi connectivity index (χ1n) is 15.5. The van der Waals surface area contributed by atoms with Gasteiger partial charge in [-0.25, -0.2) is 18.8 Å². The second-order valence-corrected chi connectivity index (χ2v) is 12.8. The second kappa shape index (κ2) is 18.5. The van der Waals surface area contributed by atoms with E-state index >= 15 is 8.78 Å². The molecule has 0 heterocycles. The molecule has 0 aromatic heterocycles. The van der Waals surface area contributed by atoms with Crippen LogP contribution in [0.15, 0.2) is 23.2 Å². The van der Waals surface area contributed by atoms with Crippen molar-refractivity contribution in [2.45, 2.75) is 91.6 Å². The molecular weight excluding hydrogens is 740 g/mol. The first-order chi connectivity index (χ1) is 24.1. The maximum Gasteiger partial charge on any atom is 0.396 e. The van der Waals surface area contributed by atoms with Crippen LogP contribution in [0.3, 0.4) is 0 Å². The number of hydrogen-bond acceptors (Lipinski definition) is 8. The van der Waals surface area contributed by atoms with Gasteiger partial charge in [0.2, 0.25) is 17.7 Å². The maximum absolute atomic E-state index is 15.2. The number of nitrogens with one attached hydrogen (secondary N) is 4. The van der Waals surface area contributed by atoms with Gasteiger partial charge in [-0.2, -0.15) is 35.1 Å². The Labute approximate surface area is 297 Å². The summed E-state index contributed by atoms with van der Waals surface area (Å²) in [7, 11) is 0. The van der Waals surface area contributed by atoms with Gasteiger partial charge in [-0.15, -0.1) is 0 Å². The number of halogens is 10. The number of benzene rings is 1. The van der Waals surface area contributed by atoms with Crippen molar-refractivity contribution in [1.82, 2.24) is 26.4 Å². The van der Waals surface area contributed by atoms with Crippen molar-refractivity contribution in [2.75, 3.05) is 13.1 Å². The lowest BCUT2D eigenvalue weighted by molar-refractivity contribution is -0.222. The van der Waals surface area contributed by atoms with Crippen LogP contribution in [0.5, 0.6) is 0 Å². The van der Waals surface area contributed by atoms with E-state index in [2.05, 4.69) is 4.99 Å². The van der Waals surface area contributed by atoms with E-state index < -0.39 is 114 Å². The fraction of sp³-hybridized carbons (Fsp3) is 0.581. The summed E-state index contributed by atoms with van der Waals surface area (Å²) in [6, 6.07) is -3.32. The number of hydrogen-bond donors (Lipinski definition) is 6. The van der Waals surface area contributed by atoms with Crippen LogP contribution in [0, 0.1) is 22.5 Å². The van der Waals surface area contributed by atoms with E-state index in [9.17, 15) is 59.4 Å². The number of nitrogens with zero attached hydrogens (tertiary/aromatic N) is 2. The highest BCUT2D eigenvalue weighted by Gasteiger charge is 2.56. The third-order valence-electron chi connectivity index (χ3n) is 7.89. The van der Waals surface area contributed by atoms with E-state index in [4.69, 9.17) is 5.73 Å². The summed E-state index contributed by atoms with van der Waals surface area (Å²) in [4.78, 5) is 52.6. The van der Waals surface area contributed by atoms with Crippen molar-refractivity contribution in [2.24, 2.45) is 21.6 Å². The summed E-state index contributed by atoms with van der Waals surface area (Å²) >= 11 is 0. The molecule has 7 N–H and O–H groups in total. The average Bonchev–Trinajstić information content (AvgIpc) is 3.00. The molecule has 53 heavy (non-hydrogen) atoms. The lowest BCUT2D eigenvalue weighted by atomic mass is 9.82. The highest BCUT2D eigenvalue weighted by Crippen LogP contribution is 2.41. The molecule has 0 fully saturated rings. The number of carbonyl (C=O) groups is 4. The number of hydrazine groups is 1. The number of nitrogens with two attached hydrogens (primary N) is 1. The minimum atomic E-state index is -5.11. The molecule has 1 aromatic carbocycles. The molecule has 0 aliphatic carbocycles. The summed E-state index contributed by atoms with van der Waals surface area (Å²) in [6.07, 6.45) is -11.0. The Morgan fingerprint density at radius 2 is 1.40 bits per heavy atom. The molecule has 12 nitrogen and oxygen atoms in total. The Hall–Kier alpha value is -4.47. The van der Waals surface area contributed by atoms with Gasteiger partial charge in [-0.05, 0) is 45.9 Å². The van der Waals surface area contributed by atoms with Crippen LogP contribution in [0.25, 0.3) is 5.70 Å². The van der Waals surface area contributed by atoms with E-state index in [0.29, 0.717) is 51.1 Å². The van der Waals surface area contributed by atoms with Crippen LogP contribution < -0.4 is 27.1 Å². The van der Waals surface area contributed by atoms with Crippen LogP contribution in [0.2, 0.25) is 0 Å². The number of aliphatic hydroxyl groups is 1. The fourth-order valence-electron chi connectivity index (χ4n) is 4.35. The number of carbonyl (C=O) groups excluding carboxylic acids is 4. The van der Waals surface area contributed by atoms with Gasteiger partial charge in [-0.3, -0.25) is 24.6 Å². The maximum atomic E-state index is 15.2. The molecular formula is C31H41F10N7O5. The van der Waals surface area contributed by atoms with Crippen LogP contribution in [-0.2, 0) is 25.7 Å². The van der Waals surface area contributed by atoms with Gasteiger partial charge in [0, 0.05) is 56.0 Å². The number of aliphatic imine (C=N–C) groups is 1. The molecule has 0 aliphatic heterocycles. The quantitative estimate of drug-likeness (QED) is 0.0607. The molecule has 0 aliphatic rings. The Kier molecular flexibility index (Phi) is 16.3. The lowest BCUT2D eigenvalue weighted by Crippen LogP contribution is -2.62. The molecule has 0 spiro atoms. The number of aliphatic hydroxyl groups excluding tert-OH is 1. The summed E-state index contributed by atoms with van der Waals surface area (Å²) in [5.74, 6) is -7.79. The number of rotatable bonds is 17. The normalized spacial score (nSPS) is 15.0. The van der Waals surface area contributed by atoms with E-state index in [1.165, 1.54) is 6.92 Å². The van der Waals surface area contributed by atoms with E-state index in [-0.39, 0.29) is 12.0 Å². The van der Waals surface area contributed by atoms with Crippen LogP contribution in [0.4, 0.5) is 43.9 Å². The standard InChI is InChI=1S/C31H41F10N7O5/c1-7-22(51)46-23(28(3,4)30(36,37)38)25(52)44-12-17(50)13-48(47-26(53)24(45-15(2)49)29(5,6)31(39,40)41)14-18-19(32)10-16(11-20(18)33)21(42)8-9-43-27(34)35/h8-11,17,23-24,27,50H,7,12-14,42H2,1-6H3,(H,44,52)(H,45,49)(H,46,51)(H,47,53)/t17-,23?,24-/m1/s1. The second-order valence-electron chi connectivity index (χ2n) is 12.8. The smallest absolute Gasteiger partial charge is 0.396 e. The zero-order valence-electron chi connectivity index (χ0n) is 29.3. The Bertz CT molecular complexity index is 1510. The van der Waals surface area contributed by atoms with Crippen molar-refractivity contribution in [3.63, 3.8) is 0 Å². The molecule has 1 rings (SSSR count). The molecule has 0 saturated carbocycles. The minimum absolute atomic E-state index is 0.302. The Morgan fingerprint density at radius 3 is 1.83 bits per heavy atom. The lowest BCUT2D eigenvalue weighted by Gasteiger charge is -2.37. The Balaban J connectivity index is 3.54. The summed E-state index contributed by atoms with van der Waals surface area (Å²) < 4.78 is 138. The highest BCUT2D eigenvalue weighted by atomic mass is 19.4. The average molecular weight is 782 g/mol. The van der Waals surface area contributed by atoms with E-state index in [0.717, 1.165) is 13.0 Å². The molecule has 0 saturated heterocycles. The summed E-state index contributed by atoms with van der Waals surface area (Å²) in [5.41, 5.74) is 0.119. The first-order valence-corrected chi connectivity index (χ1v) is 15.5. The SMILES string of the molecule is CCC(=O)NC(C(=O)NC[C@@H](O)CN(Cc1c(F)cc(C(N)=CC=NC(F)F)cc1F)NC(=O)[C@@H](NC(C)=O)C(C)(C)C(F)(F)F)C(C)(C)C(F)(F)F. The first kappa shape index (κ1) is 46.6. The van der Waals surface area contributed by atoms with Crippen molar-refractivity contribution in [1.29, 1.82) is 0 Å². The minimum Gasteiger partial charge on any atom is -0.398 e. The molecule has 4 amide bonds. The van der Waals surface area contributed by atoms with Gasteiger partial charge < -0.3 is 26.8 Å². The van der Waals surface area contributed by atoms with Gasteiger partial charge in [0.25, 0.3) is 5.91 Å². The van der Waals surface area contributed by atoms with Crippen LogP contribution in [-0.4, -0.2) is 90.1 Å². The Morgan fingerprint density at radius 1 is 0.906 bits per heavy atom. The predicted octanol–water partition coefficient (Wildman–Crippen LogP) is 3.44. The molecule has 1 unspecified atom stereocenters. The zero-order chi connectivity index (χ0) is 41.3. The van der Waals surface area contributed by atoms with Crippen molar-refractivity contribution >= 4 is 35.5 Å². The highest BCUT2D eigenvalue weighted by molar-refractivity contribution is 5.89. The topological polar surface area (TPSA) is 178 Å². The third-order valence-corrected chi connectivity index (χ3v) is 7.89. The predicted molar refractivity (Wildman–Crippen MR) is 170 cm³/mol. The molecule has 3 atom stereocenters. The third kappa shape index (κ3) is 13.2. The van der Waals surface area contributed by atoms with Gasteiger partial charge in [0.15, 0.2) is 0 Å². The van der Waals surface area contributed by atoms with Gasteiger partial charge in [-0.1, -0.05) is 6.92 Å². The van der Waals surface area contributed by atoms with Gasteiger partial charge >= 0.3 is 18.9 Å². The van der Waals surface area contributed by atoms with Gasteiger partial charge in [0.05, 0.1) is 16.9 Å². The number of amides is 4. The van der Waals surface area contributed by atoms with Gasteiger partial charge in [0.1, 0.15) is 23.7 Å². The monoisotopic (exact) mass is 781 g/mol. The van der Waals surface area contributed by atoms with Crippen molar-refractivity contribution in [3.05, 3.63) is 41.0 Å². The largest absolute Gasteiger partial charge is 0.398 e. The molecule has 1 aromatic rings. The fourth-order valence-corrected chi connectivity index (χ4v) is 4.35. The van der Waals surface area contributed by atoms with Crippen molar-refractivity contribution < 1.29 is 68.2 Å².